The Morgan fingerprint density at radius 2 is 2.16 bits per heavy atom. The van der Waals surface area contributed by atoms with Crippen molar-refractivity contribution in [3.8, 4) is 5.75 Å². The third kappa shape index (κ3) is 4.20. The van der Waals surface area contributed by atoms with Gasteiger partial charge in [0.1, 0.15) is 6.54 Å². The van der Waals surface area contributed by atoms with Crippen LogP contribution in [-0.2, 0) is 14.4 Å². The van der Waals surface area contributed by atoms with E-state index in [-0.39, 0.29) is 23.7 Å². The van der Waals surface area contributed by atoms with Gasteiger partial charge in [-0.2, -0.15) is 0 Å². The van der Waals surface area contributed by atoms with Crippen molar-refractivity contribution in [2.24, 2.45) is 0 Å². The number of aliphatic carboxylic acids is 1. The van der Waals surface area contributed by atoms with Crippen LogP contribution in [0.5, 0.6) is 5.75 Å². The number of non-ortho nitro benzene ring substituents is 1. The van der Waals surface area contributed by atoms with Crippen molar-refractivity contribution in [2.45, 2.75) is 19.1 Å². The molecule has 0 radical (unpaired) electrons. The zero-order chi connectivity index (χ0) is 18.7. The van der Waals surface area contributed by atoms with Gasteiger partial charge in [-0.15, -0.1) is 0 Å². The van der Waals surface area contributed by atoms with E-state index in [9.17, 15) is 29.6 Å². The van der Waals surface area contributed by atoms with Crippen LogP contribution >= 0.6 is 0 Å². The van der Waals surface area contributed by atoms with Gasteiger partial charge in [0, 0.05) is 6.07 Å². The number of hydrogen-bond donors (Lipinski definition) is 3. The lowest BCUT2D eigenvalue weighted by Crippen LogP contribution is -2.51. The van der Waals surface area contributed by atoms with Gasteiger partial charge in [-0.05, 0) is 13.0 Å². The molecule has 1 aliphatic rings. The van der Waals surface area contributed by atoms with Gasteiger partial charge in [0.05, 0.1) is 29.3 Å². The first-order valence-corrected chi connectivity index (χ1v) is 7.13. The SMILES string of the molecule is CC(O)C(NC(=O)CN1CC(=O)Oc2cc([N+](=O)[O-])ccc21)C(=O)O. The van der Waals surface area contributed by atoms with Crippen LogP contribution in [0.25, 0.3) is 0 Å². The topological polar surface area (TPSA) is 159 Å². The molecule has 2 unspecified atom stereocenters. The van der Waals surface area contributed by atoms with Crippen LogP contribution in [-0.4, -0.2) is 58.2 Å². The van der Waals surface area contributed by atoms with Gasteiger partial charge >= 0.3 is 11.9 Å². The van der Waals surface area contributed by atoms with Crippen molar-refractivity contribution < 1.29 is 34.3 Å². The number of nitrogens with zero attached hydrogens (tertiary/aromatic N) is 2. The molecule has 1 aromatic rings. The van der Waals surface area contributed by atoms with Crippen LogP contribution < -0.4 is 15.0 Å². The zero-order valence-corrected chi connectivity index (χ0v) is 13.0. The van der Waals surface area contributed by atoms with Gasteiger partial charge in [-0.1, -0.05) is 0 Å². The first kappa shape index (κ1) is 18.1. The number of anilines is 1. The summed E-state index contributed by atoms with van der Waals surface area (Å²) in [5, 5.41) is 31.3. The Kier molecular flexibility index (Phi) is 5.17. The van der Waals surface area contributed by atoms with Gasteiger partial charge in [-0.3, -0.25) is 14.9 Å². The fourth-order valence-electron chi connectivity index (χ4n) is 2.28. The summed E-state index contributed by atoms with van der Waals surface area (Å²) in [6, 6.07) is 2.09. The number of aliphatic hydroxyl groups is 1. The first-order chi connectivity index (χ1) is 11.7. The van der Waals surface area contributed by atoms with Gasteiger partial charge < -0.3 is 25.2 Å². The van der Waals surface area contributed by atoms with Crippen LogP contribution in [0.1, 0.15) is 6.92 Å². The molecule has 0 spiro atoms. The van der Waals surface area contributed by atoms with E-state index in [1.165, 1.54) is 24.0 Å². The van der Waals surface area contributed by atoms with E-state index in [0.29, 0.717) is 0 Å². The maximum absolute atomic E-state index is 12.0. The molecule has 0 saturated carbocycles. The maximum atomic E-state index is 12.0. The summed E-state index contributed by atoms with van der Waals surface area (Å²) in [6.07, 6.45) is -1.32. The highest BCUT2D eigenvalue weighted by Crippen LogP contribution is 2.34. The lowest BCUT2D eigenvalue weighted by Gasteiger charge is -2.29. The molecule has 0 aromatic heterocycles. The molecule has 11 heteroatoms. The average molecular weight is 353 g/mol. The molecule has 11 nitrogen and oxygen atoms in total. The molecule has 1 heterocycles. The second kappa shape index (κ2) is 7.13. The number of aliphatic hydroxyl groups excluding tert-OH is 1. The smallest absolute Gasteiger partial charge is 0.331 e. The van der Waals surface area contributed by atoms with E-state index in [4.69, 9.17) is 9.84 Å². The third-order valence-electron chi connectivity index (χ3n) is 3.44. The molecular weight excluding hydrogens is 338 g/mol. The number of nitrogens with one attached hydrogen (secondary N) is 1. The average Bonchev–Trinajstić information content (AvgIpc) is 2.51. The summed E-state index contributed by atoms with van der Waals surface area (Å²) in [4.78, 5) is 46.1. The molecule has 25 heavy (non-hydrogen) atoms. The van der Waals surface area contributed by atoms with E-state index >= 15 is 0 Å². The van der Waals surface area contributed by atoms with Crippen molar-refractivity contribution >= 4 is 29.2 Å². The van der Waals surface area contributed by atoms with Gasteiger partial charge in [-0.25, -0.2) is 9.59 Å². The fourth-order valence-corrected chi connectivity index (χ4v) is 2.28. The number of nitro groups is 1. The molecule has 2 rings (SSSR count). The van der Waals surface area contributed by atoms with Crippen molar-refractivity contribution in [3.63, 3.8) is 0 Å². The molecular formula is C14H15N3O8. The minimum atomic E-state index is -1.50. The Morgan fingerprint density at radius 3 is 2.72 bits per heavy atom. The molecule has 1 aliphatic heterocycles. The Balaban J connectivity index is 2.18. The molecule has 1 aromatic carbocycles. The van der Waals surface area contributed by atoms with Crippen LogP contribution in [0.15, 0.2) is 18.2 Å². The molecule has 1 amide bonds. The lowest BCUT2D eigenvalue weighted by molar-refractivity contribution is -0.384. The van der Waals surface area contributed by atoms with E-state index in [1.807, 2.05) is 0 Å². The maximum Gasteiger partial charge on any atom is 0.331 e. The minimum absolute atomic E-state index is 0.0661. The fraction of sp³-hybridized carbons (Fsp3) is 0.357. The van der Waals surface area contributed by atoms with Crippen LogP contribution in [0.3, 0.4) is 0 Å². The summed E-state index contributed by atoms with van der Waals surface area (Å²) >= 11 is 0. The molecule has 0 fully saturated rings. The lowest BCUT2D eigenvalue weighted by atomic mass is 10.2. The van der Waals surface area contributed by atoms with Gasteiger partial charge in [0.25, 0.3) is 5.69 Å². The number of carboxylic acids is 1. The van der Waals surface area contributed by atoms with Crippen molar-refractivity contribution in [1.82, 2.24) is 5.32 Å². The second-order valence-corrected chi connectivity index (χ2v) is 5.36. The number of amides is 1. The van der Waals surface area contributed by atoms with Crippen LogP contribution in [0.2, 0.25) is 0 Å². The third-order valence-corrected chi connectivity index (χ3v) is 3.44. The number of esters is 1. The van der Waals surface area contributed by atoms with E-state index in [2.05, 4.69) is 5.32 Å². The number of carboxylic acid groups (broad SMARTS) is 1. The first-order valence-electron chi connectivity index (χ1n) is 7.13. The quantitative estimate of drug-likeness (QED) is 0.259. The molecule has 0 saturated heterocycles. The number of ether oxygens (including phenoxy) is 1. The van der Waals surface area contributed by atoms with Crippen LogP contribution in [0, 0.1) is 10.1 Å². The number of hydrogen-bond acceptors (Lipinski definition) is 8. The molecule has 134 valence electrons. The summed E-state index contributed by atoms with van der Waals surface area (Å²) in [5.41, 5.74) is 0.00201. The molecule has 2 atom stereocenters. The van der Waals surface area contributed by atoms with E-state index in [1.54, 1.807) is 0 Å². The summed E-state index contributed by atoms with van der Waals surface area (Å²) in [7, 11) is 0. The van der Waals surface area contributed by atoms with Gasteiger partial charge in [0.15, 0.2) is 11.8 Å². The largest absolute Gasteiger partial charge is 0.480 e. The minimum Gasteiger partial charge on any atom is -0.480 e. The number of carbonyl (C=O) groups is 3. The number of rotatable bonds is 6. The number of carbonyl (C=O) groups excluding carboxylic acids is 2. The predicted octanol–water partition coefficient (Wildman–Crippen LogP) is -0.730. The monoisotopic (exact) mass is 353 g/mol. The Morgan fingerprint density at radius 1 is 1.48 bits per heavy atom. The van der Waals surface area contributed by atoms with Gasteiger partial charge in [0.2, 0.25) is 5.91 Å². The predicted molar refractivity (Wildman–Crippen MR) is 82.2 cm³/mol. The standard InChI is InChI=1S/C14H15N3O8/c1-7(18)13(14(21)22)15-11(19)5-16-6-12(20)25-10-4-8(17(23)24)2-3-9(10)16/h2-4,7,13,18H,5-6H2,1H3,(H,15,19)(H,21,22). The highest BCUT2D eigenvalue weighted by molar-refractivity contribution is 5.91. The Bertz CT molecular complexity index is 733. The number of fused-ring (bicyclic) bond motifs is 1. The molecule has 3 N–H and O–H groups in total. The highest BCUT2D eigenvalue weighted by Gasteiger charge is 2.30. The highest BCUT2D eigenvalue weighted by atomic mass is 16.6. The number of benzene rings is 1. The second-order valence-electron chi connectivity index (χ2n) is 5.36. The Labute approximate surface area is 140 Å². The molecule has 0 bridgehead atoms. The molecule has 0 aliphatic carbocycles. The van der Waals surface area contributed by atoms with Crippen LogP contribution in [0.4, 0.5) is 11.4 Å². The van der Waals surface area contributed by atoms with E-state index in [0.717, 1.165) is 6.07 Å². The normalized spacial score (nSPS) is 15.6. The van der Waals surface area contributed by atoms with E-state index < -0.39 is 41.5 Å². The number of nitro benzene ring substituents is 1. The Hall–Kier alpha value is -3.21. The summed E-state index contributed by atoms with van der Waals surface area (Å²) in [6.45, 7) is 0.535. The zero-order valence-electron chi connectivity index (χ0n) is 13.0. The summed E-state index contributed by atoms with van der Waals surface area (Å²) < 4.78 is 4.94. The van der Waals surface area contributed by atoms with Crippen molar-refractivity contribution in [1.29, 1.82) is 0 Å². The summed E-state index contributed by atoms with van der Waals surface area (Å²) in [5.74, 6) is -2.93. The van der Waals surface area contributed by atoms with Crippen molar-refractivity contribution in [2.75, 3.05) is 18.0 Å². The van der Waals surface area contributed by atoms with Crippen molar-refractivity contribution in [3.05, 3.63) is 28.3 Å².